The summed E-state index contributed by atoms with van der Waals surface area (Å²) >= 11 is 0. The molecule has 2 aliphatic rings. The fraction of sp³-hybridized carbons (Fsp3) is 0.556. The zero-order chi connectivity index (χ0) is 18.8. The molecular formula is C18H22F2N4O2. The molecule has 2 atom stereocenters. The first-order valence-corrected chi connectivity index (χ1v) is 8.90. The van der Waals surface area contributed by atoms with Crippen molar-refractivity contribution in [3.8, 4) is 0 Å². The fourth-order valence-corrected chi connectivity index (χ4v) is 4.03. The van der Waals surface area contributed by atoms with Gasteiger partial charge >= 0.3 is 5.69 Å². The molecule has 3 N–H and O–H groups in total. The molecule has 2 aromatic rings. The number of nitrogens with one attached hydrogen (secondary N) is 1. The zero-order valence-corrected chi connectivity index (χ0v) is 14.8. The van der Waals surface area contributed by atoms with E-state index in [1.807, 2.05) is 0 Å². The maximum Gasteiger partial charge on any atom is 0.333 e. The fourth-order valence-electron chi connectivity index (χ4n) is 4.03. The minimum Gasteiger partial charge on any atom is -0.365 e. The monoisotopic (exact) mass is 364 g/mol. The minimum atomic E-state index is -1.59. The molecule has 0 bridgehead atoms. The van der Waals surface area contributed by atoms with Gasteiger partial charge in [0.25, 0.3) is 5.56 Å². The number of aryl methyl sites for hydroxylation is 1. The molecule has 1 aliphatic heterocycles. The number of alkyl halides is 1. The number of aromatic nitrogens is 2. The number of rotatable bonds is 3. The Morgan fingerprint density at radius 1 is 1.38 bits per heavy atom. The maximum absolute atomic E-state index is 14.9. The van der Waals surface area contributed by atoms with E-state index in [0.717, 1.165) is 23.4 Å². The Bertz CT molecular complexity index is 1010. The predicted molar refractivity (Wildman–Crippen MR) is 95.3 cm³/mol. The van der Waals surface area contributed by atoms with E-state index in [9.17, 15) is 18.4 Å². The summed E-state index contributed by atoms with van der Waals surface area (Å²) in [6.07, 6.45) is 3.04. The van der Waals surface area contributed by atoms with Crippen molar-refractivity contribution < 1.29 is 8.78 Å². The Balaban J connectivity index is 1.94. The van der Waals surface area contributed by atoms with Crippen molar-refractivity contribution in [2.24, 2.45) is 5.73 Å². The molecule has 8 heteroatoms. The molecule has 1 saturated heterocycles. The molecular weight excluding hydrogens is 342 g/mol. The highest BCUT2D eigenvalue weighted by Gasteiger charge is 2.43. The summed E-state index contributed by atoms with van der Waals surface area (Å²) in [5.74, 6) is -0.533. The summed E-state index contributed by atoms with van der Waals surface area (Å²) in [7, 11) is 0. The third-order valence-electron chi connectivity index (χ3n) is 5.73. The van der Waals surface area contributed by atoms with Crippen molar-refractivity contribution in [1.82, 2.24) is 9.38 Å². The van der Waals surface area contributed by atoms with Gasteiger partial charge in [0.05, 0.1) is 23.9 Å². The first-order chi connectivity index (χ1) is 12.2. The summed E-state index contributed by atoms with van der Waals surface area (Å²) in [5, 5.41) is 0. The van der Waals surface area contributed by atoms with Gasteiger partial charge in [0.15, 0.2) is 5.82 Å². The molecule has 2 aromatic heterocycles. The quantitative estimate of drug-likeness (QED) is 0.866. The first kappa shape index (κ1) is 17.2. The van der Waals surface area contributed by atoms with Crippen molar-refractivity contribution in [1.29, 1.82) is 0 Å². The summed E-state index contributed by atoms with van der Waals surface area (Å²) in [5.41, 5.74) is 4.78. The van der Waals surface area contributed by atoms with Crippen LogP contribution in [0.1, 0.15) is 43.2 Å². The van der Waals surface area contributed by atoms with Crippen LogP contribution in [0.5, 0.6) is 0 Å². The first-order valence-electron chi connectivity index (χ1n) is 8.90. The Labute approximate surface area is 148 Å². The van der Waals surface area contributed by atoms with Gasteiger partial charge in [-0.2, -0.15) is 0 Å². The number of anilines is 1. The smallest absolute Gasteiger partial charge is 0.333 e. The third kappa shape index (κ3) is 2.46. The normalized spacial score (nSPS) is 24.4. The van der Waals surface area contributed by atoms with Crippen molar-refractivity contribution in [2.45, 2.75) is 50.7 Å². The van der Waals surface area contributed by atoms with E-state index in [-0.39, 0.29) is 24.6 Å². The number of nitrogens with two attached hydrogens (primary N) is 1. The standard InChI is InChI=1S/C18H22F2N4O2/c1-9-14(23-6-5-18(20,8-23)10(2)21)12(19)7-24-15(9)13(11-3-4-11)16(25)22-17(24)26/h7,10-11H,3-6,8,21H2,1-2H3,(H,22,25,26). The van der Waals surface area contributed by atoms with Crippen molar-refractivity contribution in [3.05, 3.63) is 44.0 Å². The molecule has 0 aromatic carbocycles. The van der Waals surface area contributed by atoms with Gasteiger partial charge in [-0.25, -0.2) is 13.6 Å². The van der Waals surface area contributed by atoms with E-state index in [1.54, 1.807) is 18.7 Å². The van der Waals surface area contributed by atoms with Crippen LogP contribution in [0, 0.1) is 12.7 Å². The highest BCUT2D eigenvalue weighted by atomic mass is 19.1. The highest BCUT2D eigenvalue weighted by Crippen LogP contribution is 2.42. The molecule has 2 fully saturated rings. The van der Waals surface area contributed by atoms with Crippen LogP contribution in [0.2, 0.25) is 0 Å². The number of H-pyrrole nitrogens is 1. The lowest BCUT2D eigenvalue weighted by Gasteiger charge is -2.27. The van der Waals surface area contributed by atoms with Gasteiger partial charge in [0.2, 0.25) is 0 Å². The summed E-state index contributed by atoms with van der Waals surface area (Å²) in [6.45, 7) is 3.61. The Morgan fingerprint density at radius 2 is 2.08 bits per heavy atom. The molecule has 2 unspecified atom stereocenters. The largest absolute Gasteiger partial charge is 0.365 e. The Kier molecular flexibility index (Phi) is 3.73. The Morgan fingerprint density at radius 3 is 2.65 bits per heavy atom. The third-order valence-corrected chi connectivity index (χ3v) is 5.73. The van der Waals surface area contributed by atoms with Gasteiger partial charge in [0, 0.05) is 30.1 Å². The summed E-state index contributed by atoms with van der Waals surface area (Å²) < 4.78 is 30.9. The van der Waals surface area contributed by atoms with Crippen molar-refractivity contribution >= 4 is 11.2 Å². The predicted octanol–water partition coefficient (Wildman–Crippen LogP) is 1.58. The molecule has 3 heterocycles. The van der Waals surface area contributed by atoms with Crippen LogP contribution < -0.4 is 21.9 Å². The topological polar surface area (TPSA) is 83.6 Å². The van der Waals surface area contributed by atoms with Gasteiger partial charge in [-0.1, -0.05) is 0 Å². The van der Waals surface area contributed by atoms with Crippen LogP contribution in [0.4, 0.5) is 14.5 Å². The molecule has 140 valence electrons. The minimum absolute atomic E-state index is 0.00914. The van der Waals surface area contributed by atoms with Crippen molar-refractivity contribution in [3.63, 3.8) is 0 Å². The van der Waals surface area contributed by atoms with Gasteiger partial charge < -0.3 is 10.6 Å². The summed E-state index contributed by atoms with van der Waals surface area (Å²) in [4.78, 5) is 28.4. The molecule has 6 nitrogen and oxygen atoms in total. The second kappa shape index (κ2) is 5.64. The van der Waals surface area contributed by atoms with E-state index >= 15 is 0 Å². The van der Waals surface area contributed by atoms with Crippen LogP contribution >= 0.6 is 0 Å². The highest BCUT2D eigenvalue weighted by molar-refractivity contribution is 5.72. The van der Waals surface area contributed by atoms with E-state index in [0.29, 0.717) is 23.2 Å². The van der Waals surface area contributed by atoms with E-state index in [2.05, 4.69) is 4.98 Å². The number of aromatic amines is 1. The van der Waals surface area contributed by atoms with Crippen LogP contribution in [-0.2, 0) is 0 Å². The van der Waals surface area contributed by atoms with Crippen LogP contribution in [0.25, 0.3) is 5.52 Å². The number of fused-ring (bicyclic) bond motifs is 1. The van der Waals surface area contributed by atoms with Crippen LogP contribution in [0.15, 0.2) is 15.8 Å². The van der Waals surface area contributed by atoms with E-state index < -0.39 is 28.8 Å². The maximum atomic E-state index is 14.9. The molecule has 0 spiro atoms. The number of pyridine rings is 1. The zero-order valence-electron chi connectivity index (χ0n) is 14.8. The van der Waals surface area contributed by atoms with Gasteiger partial charge in [-0.15, -0.1) is 0 Å². The van der Waals surface area contributed by atoms with Gasteiger partial charge in [0.1, 0.15) is 5.67 Å². The lowest BCUT2D eigenvalue weighted by Crippen LogP contribution is -2.44. The second-order valence-corrected chi connectivity index (χ2v) is 7.61. The lowest BCUT2D eigenvalue weighted by atomic mass is 9.98. The molecule has 1 aliphatic carbocycles. The molecule has 4 rings (SSSR count). The Hall–Kier alpha value is -2.22. The van der Waals surface area contributed by atoms with Crippen LogP contribution in [-0.4, -0.2) is 34.2 Å². The summed E-state index contributed by atoms with van der Waals surface area (Å²) in [6, 6.07) is -0.663. The average molecular weight is 364 g/mol. The number of hydrogen-bond acceptors (Lipinski definition) is 4. The van der Waals surface area contributed by atoms with E-state index in [4.69, 9.17) is 5.73 Å². The molecule has 26 heavy (non-hydrogen) atoms. The lowest BCUT2D eigenvalue weighted by molar-refractivity contribution is 0.160. The van der Waals surface area contributed by atoms with Gasteiger partial charge in [-0.3, -0.25) is 14.2 Å². The SMILES string of the molecule is Cc1c(N2CCC(F)(C(C)N)C2)c(F)cn2c(=O)[nH]c(=O)c(C3CC3)c12. The van der Waals surface area contributed by atoms with Crippen molar-refractivity contribution in [2.75, 3.05) is 18.0 Å². The number of nitrogens with zero attached hydrogens (tertiary/aromatic N) is 2. The number of halogens is 2. The molecule has 0 radical (unpaired) electrons. The molecule has 1 saturated carbocycles. The van der Waals surface area contributed by atoms with E-state index in [1.165, 1.54) is 0 Å². The number of hydrogen-bond donors (Lipinski definition) is 2. The second-order valence-electron chi connectivity index (χ2n) is 7.61. The van der Waals surface area contributed by atoms with Gasteiger partial charge in [-0.05, 0) is 32.6 Å². The van der Waals surface area contributed by atoms with Crippen LogP contribution in [0.3, 0.4) is 0 Å². The average Bonchev–Trinajstić information content (AvgIpc) is 3.31. The molecule has 0 amide bonds.